The summed E-state index contributed by atoms with van der Waals surface area (Å²) in [4.78, 5) is 27.3. The Morgan fingerprint density at radius 3 is 2.62 bits per heavy atom. The van der Waals surface area contributed by atoms with Crippen LogP contribution in [0.2, 0.25) is 0 Å². The summed E-state index contributed by atoms with van der Waals surface area (Å²) in [6, 6.07) is 12.3. The van der Waals surface area contributed by atoms with E-state index >= 15 is 0 Å². The highest BCUT2D eigenvalue weighted by Gasteiger charge is 2.55. The van der Waals surface area contributed by atoms with Gasteiger partial charge in [-0.2, -0.15) is 0 Å². The lowest BCUT2D eigenvalue weighted by Gasteiger charge is -2.32. The maximum Gasteiger partial charge on any atom is 0.293 e. The highest BCUT2D eigenvalue weighted by molar-refractivity contribution is 6.10. The number of benzene rings is 2. The fourth-order valence-corrected chi connectivity index (χ4v) is 3.59. The van der Waals surface area contributed by atoms with Crippen LogP contribution in [-0.2, 0) is 24.8 Å². The van der Waals surface area contributed by atoms with Crippen LogP contribution in [0.1, 0.15) is 12.0 Å². The summed E-state index contributed by atoms with van der Waals surface area (Å²) < 4.78 is 22.0. The number of rotatable bonds is 5. The summed E-state index contributed by atoms with van der Waals surface area (Å²) >= 11 is 0. The van der Waals surface area contributed by atoms with Crippen LogP contribution in [0.25, 0.3) is 0 Å². The molecule has 1 fully saturated rings. The molecule has 0 bridgehead atoms. The molecule has 152 valence electrons. The molecular weight excluding hydrogens is 376 g/mol. The topological polar surface area (TPSA) is 86.3 Å². The van der Waals surface area contributed by atoms with Gasteiger partial charge in [-0.3, -0.25) is 14.5 Å². The quantitative estimate of drug-likeness (QED) is 0.832. The van der Waals surface area contributed by atoms with E-state index in [1.807, 2.05) is 12.1 Å². The first kappa shape index (κ1) is 19.2. The number of fused-ring (bicyclic) bond motifs is 2. The molecule has 0 unspecified atom stereocenters. The van der Waals surface area contributed by atoms with Crippen molar-refractivity contribution in [1.82, 2.24) is 0 Å². The second kappa shape index (κ2) is 7.73. The largest absolute Gasteiger partial charge is 0.497 e. The third-order valence-corrected chi connectivity index (χ3v) is 4.96. The minimum absolute atomic E-state index is 0.181. The van der Waals surface area contributed by atoms with Crippen LogP contribution in [0.3, 0.4) is 0 Å². The number of nitrogens with one attached hydrogen (secondary N) is 1. The van der Waals surface area contributed by atoms with Gasteiger partial charge in [0.05, 0.1) is 38.8 Å². The van der Waals surface area contributed by atoms with Crippen LogP contribution in [0.15, 0.2) is 42.5 Å². The fraction of sp³-hybridized carbons (Fsp3) is 0.333. The molecule has 1 saturated heterocycles. The second-order valence-corrected chi connectivity index (χ2v) is 6.69. The zero-order valence-corrected chi connectivity index (χ0v) is 16.3. The molecule has 0 atom stereocenters. The van der Waals surface area contributed by atoms with Crippen molar-refractivity contribution in [3.63, 3.8) is 0 Å². The third kappa shape index (κ3) is 3.30. The number of para-hydroxylation sites is 1. The molecule has 2 aromatic rings. The van der Waals surface area contributed by atoms with Gasteiger partial charge in [-0.25, -0.2) is 0 Å². The molecule has 2 aliphatic rings. The average molecular weight is 398 g/mol. The molecule has 4 rings (SSSR count). The highest BCUT2D eigenvalue weighted by atomic mass is 16.7. The molecule has 0 aromatic heterocycles. The Morgan fingerprint density at radius 1 is 1.14 bits per heavy atom. The van der Waals surface area contributed by atoms with Crippen molar-refractivity contribution < 1.29 is 28.5 Å². The van der Waals surface area contributed by atoms with Gasteiger partial charge in [0.15, 0.2) is 0 Å². The normalized spacial score (nSPS) is 17.2. The lowest BCUT2D eigenvalue weighted by molar-refractivity contribution is -0.256. The van der Waals surface area contributed by atoms with Crippen LogP contribution < -0.4 is 19.7 Å². The second-order valence-electron chi connectivity index (χ2n) is 6.69. The molecule has 2 aromatic carbocycles. The Balaban J connectivity index is 1.57. The average Bonchev–Trinajstić information content (AvgIpc) is 2.97. The number of hydrogen-bond donors (Lipinski definition) is 1. The van der Waals surface area contributed by atoms with E-state index < -0.39 is 11.7 Å². The monoisotopic (exact) mass is 398 g/mol. The van der Waals surface area contributed by atoms with E-state index in [-0.39, 0.29) is 12.5 Å². The minimum Gasteiger partial charge on any atom is -0.497 e. The van der Waals surface area contributed by atoms with E-state index in [9.17, 15) is 9.59 Å². The molecule has 2 aliphatic heterocycles. The summed E-state index contributed by atoms with van der Waals surface area (Å²) in [7, 11) is 3.06. The number of methoxy groups -OCH3 is 2. The van der Waals surface area contributed by atoms with E-state index in [4.69, 9.17) is 18.9 Å². The first-order valence-electron chi connectivity index (χ1n) is 9.30. The van der Waals surface area contributed by atoms with Crippen molar-refractivity contribution >= 4 is 23.2 Å². The van der Waals surface area contributed by atoms with Crippen molar-refractivity contribution in [3.05, 3.63) is 48.0 Å². The van der Waals surface area contributed by atoms with Crippen molar-refractivity contribution in [2.75, 3.05) is 44.2 Å². The van der Waals surface area contributed by atoms with Crippen LogP contribution in [0, 0.1) is 0 Å². The van der Waals surface area contributed by atoms with Gasteiger partial charge in [0.25, 0.3) is 11.7 Å². The number of nitrogens with zero attached hydrogens (tertiary/aromatic N) is 1. The number of anilines is 2. The molecule has 1 N–H and O–H groups in total. The fourth-order valence-electron chi connectivity index (χ4n) is 3.59. The van der Waals surface area contributed by atoms with Gasteiger partial charge in [-0.05, 0) is 24.6 Å². The lowest BCUT2D eigenvalue weighted by Crippen LogP contribution is -2.48. The summed E-state index contributed by atoms with van der Waals surface area (Å²) in [5, 5.41) is 2.79. The van der Waals surface area contributed by atoms with Gasteiger partial charge in [0.1, 0.15) is 18.0 Å². The maximum absolute atomic E-state index is 13.2. The number of carbonyl (C=O) groups excluding carboxylic acids is 2. The Kier molecular flexibility index (Phi) is 5.12. The van der Waals surface area contributed by atoms with E-state index in [2.05, 4.69) is 5.32 Å². The van der Waals surface area contributed by atoms with Crippen molar-refractivity contribution in [3.8, 4) is 11.5 Å². The predicted molar refractivity (Wildman–Crippen MR) is 105 cm³/mol. The molecule has 8 heteroatoms. The van der Waals surface area contributed by atoms with E-state index in [0.29, 0.717) is 41.7 Å². The van der Waals surface area contributed by atoms with Crippen LogP contribution in [0.4, 0.5) is 11.4 Å². The first-order valence-corrected chi connectivity index (χ1v) is 9.30. The van der Waals surface area contributed by atoms with Crippen LogP contribution >= 0.6 is 0 Å². The summed E-state index contributed by atoms with van der Waals surface area (Å²) in [5.41, 5.74) is 1.72. The Labute approximate surface area is 168 Å². The van der Waals surface area contributed by atoms with Gasteiger partial charge in [0.2, 0.25) is 5.91 Å². The molecule has 29 heavy (non-hydrogen) atoms. The SMILES string of the molecule is COc1ccc(NC(=O)CN2C(=O)C3(OCCCO3)c3ccccc32)c(OC)c1. The van der Waals surface area contributed by atoms with Crippen LogP contribution in [0.5, 0.6) is 11.5 Å². The predicted octanol–water partition coefficient (Wildman–Crippen LogP) is 2.28. The molecule has 0 aliphatic carbocycles. The standard InChI is InChI=1S/C21H22N2O6/c1-26-14-8-9-16(18(12-14)27-2)22-19(24)13-23-17-7-4-3-6-15(17)21(20(23)25)28-10-5-11-29-21/h3-4,6-9,12H,5,10-11,13H2,1-2H3,(H,22,24). The van der Waals surface area contributed by atoms with Crippen molar-refractivity contribution in [2.45, 2.75) is 12.2 Å². The van der Waals surface area contributed by atoms with E-state index in [0.717, 1.165) is 6.42 Å². The summed E-state index contributed by atoms with van der Waals surface area (Å²) in [5.74, 6) is -1.16. The number of carbonyl (C=O) groups is 2. The Hall–Kier alpha value is -3.10. The van der Waals surface area contributed by atoms with E-state index in [1.165, 1.54) is 12.0 Å². The van der Waals surface area contributed by atoms with Crippen LogP contribution in [-0.4, -0.2) is 45.8 Å². The van der Waals surface area contributed by atoms with Gasteiger partial charge < -0.3 is 24.3 Å². The summed E-state index contributed by atoms with van der Waals surface area (Å²) in [6.45, 7) is 0.659. The number of hydrogen-bond acceptors (Lipinski definition) is 6. The highest BCUT2D eigenvalue weighted by Crippen LogP contribution is 2.45. The van der Waals surface area contributed by atoms with Gasteiger partial charge in [-0.15, -0.1) is 0 Å². The Bertz CT molecular complexity index is 939. The number of amides is 2. The molecule has 8 nitrogen and oxygen atoms in total. The number of ether oxygens (including phenoxy) is 4. The smallest absolute Gasteiger partial charge is 0.293 e. The van der Waals surface area contributed by atoms with E-state index in [1.54, 1.807) is 37.4 Å². The molecule has 2 heterocycles. The third-order valence-electron chi connectivity index (χ3n) is 4.96. The van der Waals surface area contributed by atoms with Crippen molar-refractivity contribution in [1.29, 1.82) is 0 Å². The minimum atomic E-state index is -1.47. The Morgan fingerprint density at radius 2 is 1.90 bits per heavy atom. The molecule has 0 radical (unpaired) electrons. The molecular formula is C21H22N2O6. The van der Waals surface area contributed by atoms with Gasteiger partial charge >= 0.3 is 0 Å². The molecule has 2 amide bonds. The maximum atomic E-state index is 13.2. The van der Waals surface area contributed by atoms with Crippen molar-refractivity contribution in [2.24, 2.45) is 0 Å². The lowest BCUT2D eigenvalue weighted by atomic mass is 10.1. The zero-order valence-electron chi connectivity index (χ0n) is 16.3. The first-order chi connectivity index (χ1) is 14.1. The molecule has 0 saturated carbocycles. The van der Waals surface area contributed by atoms with Gasteiger partial charge in [-0.1, -0.05) is 18.2 Å². The summed E-state index contributed by atoms with van der Waals surface area (Å²) in [6.07, 6.45) is 0.717. The molecule has 1 spiro atoms. The zero-order chi connectivity index (χ0) is 20.4. The van der Waals surface area contributed by atoms with Gasteiger partial charge in [0, 0.05) is 11.6 Å².